The Morgan fingerprint density at radius 3 is 2.81 bits per heavy atom. The van der Waals surface area contributed by atoms with Gasteiger partial charge in [0.1, 0.15) is 5.82 Å². The van der Waals surface area contributed by atoms with Gasteiger partial charge in [0, 0.05) is 30.6 Å². The van der Waals surface area contributed by atoms with Crippen molar-refractivity contribution in [3.05, 3.63) is 40.4 Å². The van der Waals surface area contributed by atoms with E-state index < -0.39 is 0 Å². The fourth-order valence-corrected chi connectivity index (χ4v) is 3.01. The molecule has 110 valence electrons. The van der Waals surface area contributed by atoms with Crippen LogP contribution in [-0.2, 0) is 0 Å². The second kappa shape index (κ2) is 4.98. The van der Waals surface area contributed by atoms with Crippen molar-refractivity contribution in [2.45, 2.75) is 26.7 Å². The summed E-state index contributed by atoms with van der Waals surface area (Å²) in [6.07, 6.45) is 2.41. The minimum absolute atomic E-state index is 0.108. The van der Waals surface area contributed by atoms with Gasteiger partial charge < -0.3 is 4.90 Å². The van der Waals surface area contributed by atoms with E-state index >= 15 is 0 Å². The SMILES string of the molecule is CC1(C)CCCN(c2ccc3cc([N+](=O)[O-])ccc3n2)C1. The second-order valence-electron chi connectivity index (χ2n) is 6.49. The van der Waals surface area contributed by atoms with Gasteiger partial charge in [0.05, 0.1) is 10.4 Å². The summed E-state index contributed by atoms with van der Waals surface area (Å²) >= 11 is 0. The first-order valence-corrected chi connectivity index (χ1v) is 7.25. The van der Waals surface area contributed by atoms with Crippen LogP contribution in [0.4, 0.5) is 11.5 Å². The number of nitro groups is 1. The lowest BCUT2D eigenvalue weighted by molar-refractivity contribution is -0.384. The maximum absolute atomic E-state index is 10.8. The quantitative estimate of drug-likeness (QED) is 0.622. The molecule has 1 aromatic heterocycles. The zero-order chi connectivity index (χ0) is 15.0. The van der Waals surface area contributed by atoms with E-state index in [4.69, 9.17) is 0 Å². The summed E-state index contributed by atoms with van der Waals surface area (Å²) in [5.74, 6) is 0.962. The molecule has 5 heteroatoms. The number of fused-ring (bicyclic) bond motifs is 1. The molecule has 0 amide bonds. The summed E-state index contributed by atoms with van der Waals surface area (Å²) in [4.78, 5) is 17.4. The molecule has 0 saturated carbocycles. The number of nitro benzene ring substituents is 1. The minimum Gasteiger partial charge on any atom is -0.356 e. The molecule has 1 aliphatic heterocycles. The Morgan fingerprint density at radius 1 is 1.29 bits per heavy atom. The third-order valence-electron chi connectivity index (χ3n) is 4.09. The van der Waals surface area contributed by atoms with Crippen LogP contribution >= 0.6 is 0 Å². The molecule has 0 N–H and O–H groups in total. The first-order chi connectivity index (χ1) is 9.94. The fourth-order valence-electron chi connectivity index (χ4n) is 3.01. The van der Waals surface area contributed by atoms with Gasteiger partial charge in [0.2, 0.25) is 0 Å². The van der Waals surface area contributed by atoms with E-state index in [1.807, 2.05) is 12.1 Å². The van der Waals surface area contributed by atoms with Gasteiger partial charge in [-0.3, -0.25) is 10.1 Å². The number of non-ortho nitro benzene ring substituents is 1. The third kappa shape index (κ3) is 2.82. The van der Waals surface area contributed by atoms with Crippen LogP contribution in [0.2, 0.25) is 0 Å². The van der Waals surface area contributed by atoms with Gasteiger partial charge >= 0.3 is 0 Å². The van der Waals surface area contributed by atoms with Crippen molar-refractivity contribution in [1.82, 2.24) is 4.98 Å². The summed E-state index contributed by atoms with van der Waals surface area (Å²) in [5, 5.41) is 11.6. The van der Waals surface area contributed by atoms with E-state index in [2.05, 4.69) is 23.7 Å². The highest BCUT2D eigenvalue weighted by molar-refractivity contribution is 5.82. The first kappa shape index (κ1) is 13.8. The number of anilines is 1. The third-order valence-corrected chi connectivity index (χ3v) is 4.09. The number of hydrogen-bond acceptors (Lipinski definition) is 4. The summed E-state index contributed by atoms with van der Waals surface area (Å²) in [7, 11) is 0. The van der Waals surface area contributed by atoms with E-state index in [0.29, 0.717) is 5.41 Å². The van der Waals surface area contributed by atoms with Crippen LogP contribution in [-0.4, -0.2) is 23.0 Å². The van der Waals surface area contributed by atoms with E-state index in [-0.39, 0.29) is 10.6 Å². The summed E-state index contributed by atoms with van der Waals surface area (Å²) in [5.41, 5.74) is 1.22. The van der Waals surface area contributed by atoms with E-state index in [9.17, 15) is 10.1 Å². The molecule has 1 fully saturated rings. The Labute approximate surface area is 123 Å². The lowest BCUT2D eigenvalue weighted by atomic mass is 9.84. The molecule has 3 rings (SSSR count). The molecule has 0 atom stereocenters. The highest BCUT2D eigenvalue weighted by atomic mass is 16.6. The molecule has 21 heavy (non-hydrogen) atoms. The van der Waals surface area contributed by atoms with Crippen LogP contribution in [0, 0.1) is 15.5 Å². The Balaban J connectivity index is 1.94. The van der Waals surface area contributed by atoms with Crippen LogP contribution in [0.25, 0.3) is 10.9 Å². The van der Waals surface area contributed by atoms with Crippen LogP contribution in [0.5, 0.6) is 0 Å². The van der Waals surface area contributed by atoms with Gasteiger partial charge in [0.15, 0.2) is 0 Å². The highest BCUT2D eigenvalue weighted by Crippen LogP contribution is 2.31. The number of benzene rings is 1. The van der Waals surface area contributed by atoms with E-state index in [1.165, 1.54) is 18.9 Å². The average molecular weight is 285 g/mol. The lowest BCUT2D eigenvalue weighted by Crippen LogP contribution is -2.40. The molecule has 2 heterocycles. The molecular formula is C16H19N3O2. The maximum atomic E-state index is 10.8. The molecule has 0 bridgehead atoms. The van der Waals surface area contributed by atoms with Crippen LogP contribution in [0.15, 0.2) is 30.3 Å². The largest absolute Gasteiger partial charge is 0.356 e. The number of aromatic nitrogens is 1. The van der Waals surface area contributed by atoms with Crippen molar-refractivity contribution in [1.29, 1.82) is 0 Å². The zero-order valence-corrected chi connectivity index (χ0v) is 12.4. The molecular weight excluding hydrogens is 266 g/mol. The fraction of sp³-hybridized carbons (Fsp3) is 0.438. The average Bonchev–Trinajstić information content (AvgIpc) is 2.45. The topological polar surface area (TPSA) is 59.3 Å². The van der Waals surface area contributed by atoms with Crippen LogP contribution in [0.1, 0.15) is 26.7 Å². The van der Waals surface area contributed by atoms with Crippen LogP contribution in [0.3, 0.4) is 0 Å². The predicted molar refractivity (Wildman–Crippen MR) is 83.6 cm³/mol. The van der Waals surface area contributed by atoms with E-state index in [1.54, 1.807) is 12.1 Å². The number of nitrogens with zero attached hydrogens (tertiary/aromatic N) is 3. The smallest absolute Gasteiger partial charge is 0.270 e. The molecule has 5 nitrogen and oxygen atoms in total. The number of piperidine rings is 1. The van der Waals surface area contributed by atoms with Crippen molar-refractivity contribution in [3.8, 4) is 0 Å². The molecule has 0 radical (unpaired) electrons. The van der Waals surface area contributed by atoms with E-state index in [0.717, 1.165) is 29.8 Å². The lowest BCUT2D eigenvalue weighted by Gasteiger charge is -2.38. The summed E-state index contributed by atoms with van der Waals surface area (Å²) < 4.78 is 0. The van der Waals surface area contributed by atoms with Crippen molar-refractivity contribution in [2.75, 3.05) is 18.0 Å². The standard InChI is InChI=1S/C16H19N3O2/c1-16(2)8-3-9-18(11-16)15-7-4-12-10-13(19(20)21)5-6-14(12)17-15/h4-7,10H,3,8-9,11H2,1-2H3. The normalized spacial score (nSPS) is 17.9. The minimum atomic E-state index is -0.374. The van der Waals surface area contributed by atoms with Crippen molar-refractivity contribution >= 4 is 22.4 Å². The maximum Gasteiger partial charge on any atom is 0.270 e. The van der Waals surface area contributed by atoms with Gasteiger partial charge in [-0.1, -0.05) is 13.8 Å². The number of rotatable bonds is 2. The monoisotopic (exact) mass is 285 g/mol. The molecule has 2 aromatic rings. The van der Waals surface area contributed by atoms with Gasteiger partial charge in [0.25, 0.3) is 5.69 Å². The van der Waals surface area contributed by atoms with Crippen molar-refractivity contribution < 1.29 is 4.92 Å². The zero-order valence-electron chi connectivity index (χ0n) is 12.4. The highest BCUT2D eigenvalue weighted by Gasteiger charge is 2.27. The van der Waals surface area contributed by atoms with Crippen LogP contribution < -0.4 is 4.90 Å². The molecule has 1 aromatic carbocycles. The number of hydrogen-bond donors (Lipinski definition) is 0. The molecule has 0 unspecified atom stereocenters. The van der Waals surface area contributed by atoms with Crippen molar-refractivity contribution in [3.63, 3.8) is 0 Å². The Morgan fingerprint density at radius 2 is 2.10 bits per heavy atom. The Hall–Kier alpha value is -2.17. The van der Waals surface area contributed by atoms with Gasteiger partial charge in [-0.25, -0.2) is 4.98 Å². The molecule has 1 aliphatic rings. The molecule has 1 saturated heterocycles. The molecule has 0 aliphatic carbocycles. The van der Waals surface area contributed by atoms with Gasteiger partial charge in [-0.2, -0.15) is 0 Å². The predicted octanol–water partition coefficient (Wildman–Crippen LogP) is 3.77. The van der Waals surface area contributed by atoms with Gasteiger partial charge in [-0.15, -0.1) is 0 Å². The molecule has 0 spiro atoms. The summed E-state index contributed by atoms with van der Waals surface area (Å²) in [6, 6.07) is 8.71. The Kier molecular flexibility index (Phi) is 3.27. The van der Waals surface area contributed by atoms with Crippen molar-refractivity contribution in [2.24, 2.45) is 5.41 Å². The summed E-state index contributed by atoms with van der Waals surface area (Å²) in [6.45, 7) is 6.58. The first-order valence-electron chi connectivity index (χ1n) is 7.25. The van der Waals surface area contributed by atoms with Gasteiger partial charge in [-0.05, 0) is 36.5 Å². The second-order valence-corrected chi connectivity index (χ2v) is 6.49. The number of pyridine rings is 1. The Bertz CT molecular complexity index is 697.